The molecule has 4 nitrogen and oxygen atoms in total. The summed E-state index contributed by atoms with van der Waals surface area (Å²) in [6.45, 7) is 2.19. The number of nitrogens with zero attached hydrogens (tertiary/aromatic N) is 1. The zero-order valence-electron chi connectivity index (χ0n) is 10.7. The van der Waals surface area contributed by atoms with E-state index >= 15 is 0 Å². The summed E-state index contributed by atoms with van der Waals surface area (Å²) in [4.78, 5) is 13.9. The molecule has 0 radical (unpaired) electrons. The number of carbonyl (C=O) groups is 1. The number of nitrogens with one attached hydrogen (secondary N) is 1. The van der Waals surface area contributed by atoms with E-state index < -0.39 is 0 Å². The average Bonchev–Trinajstić information content (AvgIpc) is 2.99. The van der Waals surface area contributed by atoms with Crippen LogP contribution in [-0.2, 0) is 11.3 Å². The monoisotopic (exact) mass is 282 g/mol. The molecule has 2 aliphatic rings. The fraction of sp³-hybridized carbons (Fsp3) is 0.500. The fourth-order valence-electron chi connectivity index (χ4n) is 2.89. The van der Waals surface area contributed by atoms with Crippen molar-refractivity contribution >= 4 is 18.5 Å². The number of hydrogen-bond acceptors (Lipinski definition) is 3. The van der Waals surface area contributed by atoms with E-state index in [-0.39, 0.29) is 18.5 Å². The second kappa shape index (κ2) is 6.26. The van der Waals surface area contributed by atoms with Crippen LogP contribution in [0.25, 0.3) is 0 Å². The summed E-state index contributed by atoms with van der Waals surface area (Å²) in [5.41, 5.74) is 1.03. The van der Waals surface area contributed by atoms with Crippen molar-refractivity contribution < 1.29 is 9.53 Å². The zero-order chi connectivity index (χ0) is 12.4. The molecule has 5 heteroatoms. The summed E-state index contributed by atoms with van der Waals surface area (Å²) in [6, 6.07) is 10.6. The molecule has 104 valence electrons. The molecule has 1 N–H and O–H groups in total. The van der Waals surface area contributed by atoms with Gasteiger partial charge >= 0.3 is 6.09 Å². The van der Waals surface area contributed by atoms with E-state index in [0.29, 0.717) is 18.7 Å². The Bertz CT molecular complexity index is 427. The Labute approximate surface area is 119 Å². The third kappa shape index (κ3) is 3.01. The second-order valence-electron chi connectivity index (χ2n) is 4.94. The van der Waals surface area contributed by atoms with Crippen LogP contribution in [0.15, 0.2) is 30.3 Å². The van der Waals surface area contributed by atoms with Crippen molar-refractivity contribution in [3.63, 3.8) is 0 Å². The minimum absolute atomic E-state index is 0. The highest BCUT2D eigenvalue weighted by Gasteiger charge is 2.40. The maximum Gasteiger partial charge on any atom is 0.410 e. The number of fused-ring (bicyclic) bond motifs is 1. The highest BCUT2D eigenvalue weighted by Crippen LogP contribution is 2.25. The van der Waals surface area contributed by atoms with E-state index in [9.17, 15) is 4.79 Å². The second-order valence-corrected chi connectivity index (χ2v) is 4.94. The van der Waals surface area contributed by atoms with Crippen molar-refractivity contribution in [1.82, 2.24) is 10.2 Å². The Hall–Kier alpha value is -1.26. The van der Waals surface area contributed by atoms with Gasteiger partial charge in [-0.15, -0.1) is 12.4 Å². The lowest BCUT2D eigenvalue weighted by Gasteiger charge is -2.22. The van der Waals surface area contributed by atoms with Gasteiger partial charge in [0.05, 0.1) is 6.04 Å². The largest absolute Gasteiger partial charge is 0.445 e. The first-order chi connectivity index (χ1) is 8.84. The Kier molecular flexibility index (Phi) is 4.66. The van der Waals surface area contributed by atoms with Gasteiger partial charge in [0.1, 0.15) is 6.61 Å². The molecule has 0 aromatic heterocycles. The van der Waals surface area contributed by atoms with Crippen LogP contribution in [0.3, 0.4) is 0 Å². The summed E-state index contributed by atoms with van der Waals surface area (Å²) in [5.74, 6) is 0. The van der Waals surface area contributed by atoms with Gasteiger partial charge in [-0.25, -0.2) is 4.79 Å². The number of halogens is 1. The molecule has 2 heterocycles. The maximum absolute atomic E-state index is 12.0. The van der Waals surface area contributed by atoms with Crippen molar-refractivity contribution in [3.8, 4) is 0 Å². The van der Waals surface area contributed by atoms with Crippen molar-refractivity contribution in [2.75, 3.05) is 13.1 Å². The number of likely N-dealkylation sites (tertiary alicyclic amines) is 1. The van der Waals surface area contributed by atoms with Gasteiger partial charge in [0, 0.05) is 12.6 Å². The van der Waals surface area contributed by atoms with Crippen LogP contribution in [0.4, 0.5) is 4.79 Å². The van der Waals surface area contributed by atoms with E-state index in [4.69, 9.17) is 4.74 Å². The summed E-state index contributed by atoms with van der Waals surface area (Å²) in [5, 5.41) is 3.43. The Balaban J connectivity index is 0.00000133. The average molecular weight is 283 g/mol. The molecule has 0 aliphatic carbocycles. The summed E-state index contributed by atoms with van der Waals surface area (Å²) < 4.78 is 5.38. The first kappa shape index (κ1) is 14.2. The van der Waals surface area contributed by atoms with Crippen LogP contribution in [0.1, 0.15) is 18.4 Å². The number of hydrogen-bond donors (Lipinski definition) is 1. The molecule has 2 saturated heterocycles. The first-order valence-corrected chi connectivity index (χ1v) is 6.55. The predicted octanol–water partition coefficient (Wildman–Crippen LogP) is 2.18. The highest BCUT2D eigenvalue weighted by molar-refractivity contribution is 5.85. The lowest BCUT2D eigenvalue weighted by molar-refractivity contribution is 0.0922. The molecule has 0 spiro atoms. The van der Waals surface area contributed by atoms with Crippen LogP contribution in [0.5, 0.6) is 0 Å². The predicted molar refractivity (Wildman–Crippen MR) is 75.4 cm³/mol. The smallest absolute Gasteiger partial charge is 0.410 e. The number of ether oxygens (including phenoxy) is 1. The van der Waals surface area contributed by atoms with E-state index in [1.165, 1.54) is 0 Å². The fourth-order valence-corrected chi connectivity index (χ4v) is 2.89. The Morgan fingerprint density at radius 2 is 2.11 bits per heavy atom. The van der Waals surface area contributed by atoms with Gasteiger partial charge in [-0.3, -0.25) is 0 Å². The van der Waals surface area contributed by atoms with Crippen molar-refractivity contribution in [1.29, 1.82) is 0 Å². The molecule has 3 rings (SSSR count). The van der Waals surface area contributed by atoms with Crippen molar-refractivity contribution in [2.24, 2.45) is 0 Å². The van der Waals surface area contributed by atoms with E-state index in [0.717, 1.165) is 31.5 Å². The first-order valence-electron chi connectivity index (χ1n) is 6.55. The minimum Gasteiger partial charge on any atom is -0.445 e. The zero-order valence-corrected chi connectivity index (χ0v) is 11.6. The Morgan fingerprint density at radius 1 is 1.32 bits per heavy atom. The number of rotatable bonds is 2. The van der Waals surface area contributed by atoms with Gasteiger partial charge in [-0.05, 0) is 24.9 Å². The summed E-state index contributed by atoms with van der Waals surface area (Å²) in [7, 11) is 0. The third-order valence-corrected chi connectivity index (χ3v) is 3.83. The van der Waals surface area contributed by atoms with Crippen molar-refractivity contribution in [3.05, 3.63) is 35.9 Å². The van der Waals surface area contributed by atoms with Crippen LogP contribution >= 0.6 is 12.4 Å². The Morgan fingerprint density at radius 3 is 2.89 bits per heavy atom. The van der Waals surface area contributed by atoms with E-state index in [1.807, 2.05) is 35.2 Å². The highest BCUT2D eigenvalue weighted by atomic mass is 35.5. The molecule has 1 aromatic rings. The molecule has 0 bridgehead atoms. The molecule has 0 saturated carbocycles. The van der Waals surface area contributed by atoms with Crippen LogP contribution in [0.2, 0.25) is 0 Å². The van der Waals surface area contributed by atoms with Gasteiger partial charge in [0.2, 0.25) is 0 Å². The number of benzene rings is 1. The van der Waals surface area contributed by atoms with Gasteiger partial charge in [0.15, 0.2) is 0 Å². The van der Waals surface area contributed by atoms with Crippen LogP contribution in [0, 0.1) is 0 Å². The molecule has 0 unspecified atom stereocenters. The summed E-state index contributed by atoms with van der Waals surface area (Å²) >= 11 is 0. The van der Waals surface area contributed by atoms with Gasteiger partial charge in [0.25, 0.3) is 0 Å². The molecule has 2 aliphatic heterocycles. The minimum atomic E-state index is -0.171. The topological polar surface area (TPSA) is 41.6 Å². The van der Waals surface area contributed by atoms with Crippen LogP contribution in [-0.4, -0.2) is 36.2 Å². The molecular formula is C14H19ClN2O2. The maximum atomic E-state index is 12.0. The molecule has 19 heavy (non-hydrogen) atoms. The van der Waals surface area contributed by atoms with Gasteiger partial charge in [-0.2, -0.15) is 0 Å². The SMILES string of the molecule is Cl.O=C(OCc1ccccc1)N1CC[C@H]2NCC[C@@H]21. The quantitative estimate of drug-likeness (QED) is 0.904. The summed E-state index contributed by atoms with van der Waals surface area (Å²) in [6.07, 6.45) is 1.92. The van der Waals surface area contributed by atoms with E-state index in [1.54, 1.807) is 0 Å². The van der Waals surface area contributed by atoms with Gasteiger partial charge < -0.3 is 15.0 Å². The standard InChI is InChI=1S/C14H18N2O2.ClH/c17-14(18-10-11-4-2-1-3-5-11)16-9-7-12-13(16)6-8-15-12;/h1-5,12-13,15H,6-10H2;1H/t12-,13+;/m1./s1. The molecular weight excluding hydrogens is 264 g/mol. The lowest BCUT2D eigenvalue weighted by Crippen LogP contribution is -2.38. The third-order valence-electron chi connectivity index (χ3n) is 3.83. The number of amides is 1. The molecule has 1 aromatic carbocycles. The number of carbonyl (C=O) groups excluding carboxylic acids is 1. The van der Waals surface area contributed by atoms with Crippen LogP contribution < -0.4 is 5.32 Å². The van der Waals surface area contributed by atoms with Crippen molar-refractivity contribution in [2.45, 2.75) is 31.5 Å². The normalized spacial score (nSPS) is 24.7. The van der Waals surface area contributed by atoms with Gasteiger partial charge in [-0.1, -0.05) is 30.3 Å². The van der Waals surface area contributed by atoms with E-state index in [2.05, 4.69) is 5.32 Å². The molecule has 2 atom stereocenters. The molecule has 1 amide bonds. The molecule has 2 fully saturated rings. The lowest BCUT2D eigenvalue weighted by atomic mass is 10.1.